The zero-order valence-corrected chi connectivity index (χ0v) is 15.4. The molecule has 1 heterocycles. The number of nitrogens with zero attached hydrogens (tertiary/aromatic N) is 1. The number of rotatable bonds is 6. The molecule has 0 atom stereocenters. The number of benzene rings is 2. The van der Waals surface area contributed by atoms with E-state index in [0.29, 0.717) is 17.8 Å². The summed E-state index contributed by atoms with van der Waals surface area (Å²) < 4.78 is 5.06. The van der Waals surface area contributed by atoms with Crippen LogP contribution in [-0.4, -0.2) is 23.8 Å². The van der Waals surface area contributed by atoms with Crippen LogP contribution < -0.4 is 5.32 Å². The normalized spacial score (nSPS) is 10.4. The van der Waals surface area contributed by atoms with E-state index in [1.165, 1.54) is 11.8 Å². The molecule has 0 aliphatic heterocycles. The van der Waals surface area contributed by atoms with Gasteiger partial charge in [-0.3, -0.25) is 9.59 Å². The van der Waals surface area contributed by atoms with Crippen LogP contribution in [0.15, 0.2) is 71.3 Å². The maximum absolute atomic E-state index is 12.6. The molecule has 5 nitrogen and oxygen atoms in total. The largest absolute Gasteiger partial charge is 0.459 e. The average Bonchev–Trinajstić information content (AvgIpc) is 3.23. The van der Waals surface area contributed by atoms with Crippen molar-refractivity contribution < 1.29 is 14.0 Å². The Bertz CT molecular complexity index is 898. The quantitative estimate of drug-likeness (QED) is 0.708. The number of hydrogen-bond donors (Lipinski definition) is 1. The van der Waals surface area contributed by atoms with Crippen molar-refractivity contribution in [3.63, 3.8) is 0 Å². The first-order chi connectivity index (χ1) is 13.1. The van der Waals surface area contributed by atoms with Gasteiger partial charge in [-0.1, -0.05) is 31.2 Å². The molecule has 0 aliphatic carbocycles. The molecule has 0 radical (unpaired) electrons. The van der Waals surface area contributed by atoms with Gasteiger partial charge >= 0.3 is 0 Å². The van der Waals surface area contributed by atoms with Crippen molar-refractivity contribution >= 4 is 17.5 Å². The van der Waals surface area contributed by atoms with E-state index < -0.39 is 0 Å². The van der Waals surface area contributed by atoms with E-state index in [9.17, 15) is 9.59 Å². The monoisotopic (exact) mass is 362 g/mol. The first-order valence-corrected chi connectivity index (χ1v) is 8.85. The zero-order valence-electron chi connectivity index (χ0n) is 15.4. The molecule has 0 fully saturated rings. The number of hydrogen-bond acceptors (Lipinski definition) is 3. The molecule has 3 aromatic rings. The van der Waals surface area contributed by atoms with Crippen LogP contribution in [0.5, 0.6) is 0 Å². The molecule has 0 spiro atoms. The molecular formula is C22H22N2O3. The summed E-state index contributed by atoms with van der Waals surface area (Å²) in [5, 5.41) is 2.73. The second kappa shape index (κ2) is 8.36. The molecule has 2 aromatic carbocycles. The Kier molecular flexibility index (Phi) is 5.71. The SMILES string of the molecule is CCc1ccc(CN(C)C(=O)c2ccc(NC(=O)c3ccco3)cc2)cc1. The first-order valence-electron chi connectivity index (χ1n) is 8.85. The number of carbonyl (C=O) groups is 2. The predicted molar refractivity (Wildman–Crippen MR) is 105 cm³/mol. The Morgan fingerprint density at radius 3 is 2.22 bits per heavy atom. The lowest BCUT2D eigenvalue weighted by Gasteiger charge is -2.18. The van der Waals surface area contributed by atoms with Gasteiger partial charge < -0.3 is 14.6 Å². The topological polar surface area (TPSA) is 62.6 Å². The second-order valence-electron chi connectivity index (χ2n) is 6.34. The minimum atomic E-state index is -0.327. The van der Waals surface area contributed by atoms with Gasteiger partial charge in [0.15, 0.2) is 5.76 Å². The molecular weight excluding hydrogens is 340 g/mol. The Balaban J connectivity index is 1.61. The summed E-state index contributed by atoms with van der Waals surface area (Å²) in [5.74, 6) is -0.158. The lowest BCUT2D eigenvalue weighted by molar-refractivity contribution is 0.0785. The van der Waals surface area contributed by atoms with Crippen LogP contribution in [0.2, 0.25) is 0 Å². The summed E-state index contributed by atoms with van der Waals surface area (Å²) in [4.78, 5) is 26.3. The van der Waals surface area contributed by atoms with E-state index in [1.807, 2.05) is 0 Å². The van der Waals surface area contributed by atoms with Crippen molar-refractivity contribution in [1.82, 2.24) is 4.90 Å². The minimum Gasteiger partial charge on any atom is -0.459 e. The summed E-state index contributed by atoms with van der Waals surface area (Å²) >= 11 is 0. The fourth-order valence-electron chi connectivity index (χ4n) is 2.74. The van der Waals surface area contributed by atoms with E-state index in [0.717, 1.165) is 12.0 Å². The Labute approximate surface area is 158 Å². The molecule has 0 unspecified atom stereocenters. The molecule has 138 valence electrons. The summed E-state index contributed by atoms with van der Waals surface area (Å²) in [6, 6.07) is 18.3. The number of furan rings is 1. The highest BCUT2D eigenvalue weighted by atomic mass is 16.3. The number of anilines is 1. The number of carbonyl (C=O) groups excluding carboxylic acids is 2. The summed E-state index contributed by atoms with van der Waals surface area (Å²) in [6.07, 6.45) is 2.44. The standard InChI is InChI=1S/C22H22N2O3/c1-3-16-6-8-17(9-7-16)15-24(2)22(26)18-10-12-19(13-11-18)23-21(25)20-5-4-14-27-20/h4-14H,3,15H2,1-2H3,(H,23,25). The van der Waals surface area contributed by atoms with Crippen LogP contribution >= 0.6 is 0 Å². The highest BCUT2D eigenvalue weighted by Crippen LogP contribution is 2.14. The molecule has 0 saturated carbocycles. The van der Waals surface area contributed by atoms with Crippen LogP contribution in [0.25, 0.3) is 0 Å². The van der Waals surface area contributed by atoms with Crippen molar-refractivity contribution in [3.8, 4) is 0 Å². The first kappa shape index (κ1) is 18.5. The molecule has 1 aromatic heterocycles. The van der Waals surface area contributed by atoms with E-state index >= 15 is 0 Å². The van der Waals surface area contributed by atoms with Crippen LogP contribution in [0, 0.1) is 0 Å². The molecule has 0 aliphatic rings. The molecule has 0 bridgehead atoms. The van der Waals surface area contributed by atoms with E-state index in [1.54, 1.807) is 48.3 Å². The van der Waals surface area contributed by atoms with Crippen LogP contribution in [0.4, 0.5) is 5.69 Å². The van der Waals surface area contributed by atoms with Gasteiger partial charge in [0.1, 0.15) is 0 Å². The van der Waals surface area contributed by atoms with Crippen molar-refractivity contribution in [1.29, 1.82) is 0 Å². The third kappa shape index (κ3) is 4.64. The van der Waals surface area contributed by atoms with Gasteiger partial charge in [-0.05, 0) is 53.9 Å². The second-order valence-corrected chi connectivity index (χ2v) is 6.34. The van der Waals surface area contributed by atoms with Crippen LogP contribution in [0.3, 0.4) is 0 Å². The van der Waals surface area contributed by atoms with Gasteiger partial charge in [-0.15, -0.1) is 0 Å². The van der Waals surface area contributed by atoms with Gasteiger partial charge in [0.05, 0.1) is 6.26 Å². The maximum atomic E-state index is 12.6. The average molecular weight is 362 g/mol. The molecule has 1 N–H and O–H groups in total. The smallest absolute Gasteiger partial charge is 0.291 e. The third-order valence-corrected chi connectivity index (χ3v) is 4.33. The highest BCUT2D eigenvalue weighted by Gasteiger charge is 2.13. The molecule has 3 rings (SSSR count). The van der Waals surface area contributed by atoms with Crippen molar-refractivity contribution in [2.75, 3.05) is 12.4 Å². The zero-order chi connectivity index (χ0) is 19.2. The van der Waals surface area contributed by atoms with Crippen LogP contribution in [0.1, 0.15) is 39.0 Å². The van der Waals surface area contributed by atoms with Crippen LogP contribution in [-0.2, 0) is 13.0 Å². The maximum Gasteiger partial charge on any atom is 0.291 e. The molecule has 2 amide bonds. The van der Waals surface area contributed by atoms with Crippen molar-refractivity contribution in [2.45, 2.75) is 19.9 Å². The minimum absolute atomic E-state index is 0.0709. The van der Waals surface area contributed by atoms with Gasteiger partial charge in [-0.2, -0.15) is 0 Å². The number of nitrogens with one attached hydrogen (secondary N) is 1. The fraction of sp³-hybridized carbons (Fsp3) is 0.182. The Hall–Kier alpha value is -3.34. The van der Waals surface area contributed by atoms with Gasteiger partial charge in [0.25, 0.3) is 11.8 Å². The van der Waals surface area contributed by atoms with E-state index in [-0.39, 0.29) is 17.6 Å². The highest BCUT2D eigenvalue weighted by molar-refractivity contribution is 6.02. The van der Waals surface area contributed by atoms with Crippen molar-refractivity contribution in [2.24, 2.45) is 0 Å². The number of aryl methyl sites for hydroxylation is 1. The van der Waals surface area contributed by atoms with Gasteiger partial charge in [0, 0.05) is 24.8 Å². The molecule has 27 heavy (non-hydrogen) atoms. The number of amides is 2. The fourth-order valence-corrected chi connectivity index (χ4v) is 2.74. The van der Waals surface area contributed by atoms with Gasteiger partial charge in [-0.25, -0.2) is 0 Å². The summed E-state index contributed by atoms with van der Waals surface area (Å²) in [6.45, 7) is 2.66. The summed E-state index contributed by atoms with van der Waals surface area (Å²) in [5.41, 5.74) is 3.54. The lowest BCUT2D eigenvalue weighted by atomic mass is 10.1. The molecule has 0 saturated heterocycles. The predicted octanol–water partition coefficient (Wildman–Crippen LogP) is 4.37. The summed E-state index contributed by atoms with van der Waals surface area (Å²) in [7, 11) is 1.78. The van der Waals surface area contributed by atoms with Crippen molar-refractivity contribution in [3.05, 3.63) is 89.4 Å². The Morgan fingerprint density at radius 2 is 1.63 bits per heavy atom. The Morgan fingerprint density at radius 1 is 0.963 bits per heavy atom. The van der Waals surface area contributed by atoms with Gasteiger partial charge in [0.2, 0.25) is 0 Å². The van der Waals surface area contributed by atoms with E-state index in [4.69, 9.17) is 4.42 Å². The molecule has 5 heteroatoms. The van der Waals surface area contributed by atoms with E-state index in [2.05, 4.69) is 36.5 Å². The third-order valence-electron chi connectivity index (χ3n) is 4.33. The lowest BCUT2D eigenvalue weighted by Crippen LogP contribution is -2.26.